The van der Waals surface area contributed by atoms with Gasteiger partial charge in [0.15, 0.2) is 5.65 Å². The van der Waals surface area contributed by atoms with Gasteiger partial charge in [-0.3, -0.25) is 4.98 Å². The van der Waals surface area contributed by atoms with Crippen molar-refractivity contribution in [3.8, 4) is 0 Å². The molecule has 0 fully saturated rings. The zero-order valence-electron chi connectivity index (χ0n) is 9.98. The van der Waals surface area contributed by atoms with Gasteiger partial charge in [-0.2, -0.15) is 4.52 Å². The Morgan fingerprint density at radius 1 is 1.39 bits per heavy atom. The molecule has 2 aromatic rings. The third-order valence-electron chi connectivity index (χ3n) is 2.33. The number of anilines is 1. The molecule has 2 aromatic heterocycles. The van der Waals surface area contributed by atoms with Gasteiger partial charge in [-0.15, -0.1) is 5.10 Å². The summed E-state index contributed by atoms with van der Waals surface area (Å²) in [6.45, 7) is 0.251. The molecule has 2 rings (SSSR count). The lowest BCUT2D eigenvalue weighted by Gasteiger charge is -2.12. The van der Waals surface area contributed by atoms with E-state index in [9.17, 15) is 8.42 Å². The Bertz CT molecular complexity index is 636. The summed E-state index contributed by atoms with van der Waals surface area (Å²) in [5, 5.41) is 13.9. The van der Waals surface area contributed by atoms with Gasteiger partial charge in [0.2, 0.25) is 10.0 Å². The molecule has 10 heteroatoms. The first-order valence-electron chi connectivity index (χ1n) is 5.17. The van der Waals surface area contributed by atoms with E-state index < -0.39 is 10.0 Å². The van der Waals surface area contributed by atoms with Crippen molar-refractivity contribution in [1.29, 1.82) is 0 Å². The molecule has 0 amide bonds. The van der Waals surface area contributed by atoms with E-state index in [4.69, 9.17) is 0 Å². The van der Waals surface area contributed by atoms with E-state index in [0.29, 0.717) is 11.5 Å². The van der Waals surface area contributed by atoms with E-state index >= 15 is 0 Å². The Hall–Kier alpha value is -1.81. The van der Waals surface area contributed by atoms with Crippen LogP contribution in [0.3, 0.4) is 0 Å². The fourth-order valence-electron chi connectivity index (χ4n) is 1.29. The van der Waals surface area contributed by atoms with Crippen LogP contribution in [0.15, 0.2) is 12.4 Å². The Kier molecular flexibility index (Phi) is 3.39. The van der Waals surface area contributed by atoms with E-state index in [1.807, 2.05) is 0 Å². The summed E-state index contributed by atoms with van der Waals surface area (Å²) in [6, 6.07) is 0. The molecule has 18 heavy (non-hydrogen) atoms. The maximum Gasteiger partial charge on any atom is 0.215 e. The second kappa shape index (κ2) is 4.82. The molecule has 0 atom stereocenters. The van der Waals surface area contributed by atoms with Gasteiger partial charge in [0.05, 0.1) is 18.1 Å². The van der Waals surface area contributed by atoms with Crippen LogP contribution in [0.5, 0.6) is 0 Å². The molecule has 0 aliphatic carbocycles. The smallest absolute Gasteiger partial charge is 0.215 e. The Labute approximate surface area is 104 Å². The van der Waals surface area contributed by atoms with E-state index in [1.54, 1.807) is 0 Å². The average molecular weight is 271 g/mol. The second-order valence-electron chi connectivity index (χ2n) is 3.77. The quantitative estimate of drug-likeness (QED) is 0.729. The highest BCUT2D eigenvalue weighted by molar-refractivity contribution is 7.89. The summed E-state index contributed by atoms with van der Waals surface area (Å²) in [4.78, 5) is 3.95. The molecule has 0 saturated carbocycles. The van der Waals surface area contributed by atoms with Crippen molar-refractivity contribution >= 4 is 21.5 Å². The molecular formula is C8H13N7O2S. The molecule has 0 aromatic carbocycles. The van der Waals surface area contributed by atoms with Gasteiger partial charge in [-0.25, -0.2) is 12.7 Å². The van der Waals surface area contributed by atoms with E-state index in [0.717, 1.165) is 0 Å². The minimum absolute atomic E-state index is 0.0154. The van der Waals surface area contributed by atoms with Crippen LogP contribution in [-0.4, -0.2) is 64.1 Å². The van der Waals surface area contributed by atoms with Gasteiger partial charge < -0.3 is 5.32 Å². The van der Waals surface area contributed by atoms with Crippen LogP contribution in [0, 0.1) is 0 Å². The molecule has 9 nitrogen and oxygen atoms in total. The normalized spacial score (nSPS) is 12.2. The lowest BCUT2D eigenvalue weighted by Crippen LogP contribution is -2.28. The van der Waals surface area contributed by atoms with Crippen LogP contribution in [-0.2, 0) is 10.0 Å². The highest BCUT2D eigenvalue weighted by atomic mass is 32.2. The van der Waals surface area contributed by atoms with Gasteiger partial charge >= 0.3 is 0 Å². The summed E-state index contributed by atoms with van der Waals surface area (Å²) in [5.41, 5.74) is 0.496. The molecule has 0 saturated heterocycles. The number of hydrogen-bond donors (Lipinski definition) is 1. The van der Waals surface area contributed by atoms with E-state index in [-0.39, 0.29) is 12.3 Å². The minimum atomic E-state index is -3.22. The lowest BCUT2D eigenvalue weighted by atomic mass is 10.6. The number of aromatic nitrogens is 5. The van der Waals surface area contributed by atoms with Crippen molar-refractivity contribution in [3.63, 3.8) is 0 Å². The maximum absolute atomic E-state index is 11.6. The van der Waals surface area contributed by atoms with E-state index in [2.05, 4.69) is 25.8 Å². The molecule has 0 aliphatic heterocycles. The van der Waals surface area contributed by atoms with Crippen molar-refractivity contribution in [1.82, 2.24) is 29.3 Å². The molecule has 0 radical (unpaired) electrons. The first-order chi connectivity index (χ1) is 8.50. The van der Waals surface area contributed by atoms with Crippen molar-refractivity contribution < 1.29 is 8.42 Å². The van der Waals surface area contributed by atoms with Crippen LogP contribution in [0.2, 0.25) is 0 Å². The van der Waals surface area contributed by atoms with Crippen LogP contribution in [0.4, 0.5) is 5.82 Å². The summed E-state index contributed by atoms with van der Waals surface area (Å²) >= 11 is 0. The van der Waals surface area contributed by atoms with Crippen LogP contribution < -0.4 is 5.32 Å². The van der Waals surface area contributed by atoms with Crippen molar-refractivity contribution in [2.24, 2.45) is 0 Å². The summed E-state index contributed by atoms with van der Waals surface area (Å²) in [7, 11) is -0.221. The van der Waals surface area contributed by atoms with Crippen molar-refractivity contribution in [3.05, 3.63) is 12.4 Å². The summed E-state index contributed by atoms with van der Waals surface area (Å²) < 4.78 is 25.8. The van der Waals surface area contributed by atoms with Crippen LogP contribution in [0.25, 0.3) is 5.65 Å². The first kappa shape index (κ1) is 12.6. The molecule has 0 unspecified atom stereocenters. The lowest BCUT2D eigenvalue weighted by molar-refractivity contribution is 0.521. The number of hydrogen-bond acceptors (Lipinski definition) is 7. The monoisotopic (exact) mass is 271 g/mol. The zero-order valence-corrected chi connectivity index (χ0v) is 10.8. The number of sulfonamides is 1. The van der Waals surface area contributed by atoms with Gasteiger partial charge in [0.25, 0.3) is 0 Å². The molecule has 1 N–H and O–H groups in total. The second-order valence-corrected chi connectivity index (χ2v) is 6.07. The van der Waals surface area contributed by atoms with Gasteiger partial charge in [0, 0.05) is 20.6 Å². The summed E-state index contributed by atoms with van der Waals surface area (Å²) in [6.07, 6.45) is 3.05. The Morgan fingerprint density at radius 2 is 2.17 bits per heavy atom. The fraction of sp³-hybridized carbons (Fsp3) is 0.500. The summed E-state index contributed by atoms with van der Waals surface area (Å²) in [5.74, 6) is 0.532. The van der Waals surface area contributed by atoms with Crippen LogP contribution >= 0.6 is 0 Å². The molecule has 0 aliphatic rings. The third kappa shape index (κ3) is 2.54. The molecular weight excluding hydrogens is 258 g/mol. The molecule has 0 spiro atoms. The standard InChI is InChI=1S/C8H13N7O2S/c1-14(2)18(16,17)4-3-10-7-5-9-6-8-11-12-13-15(7)8/h5-6,10H,3-4H2,1-2H3. The number of fused-ring (bicyclic) bond motifs is 1. The molecule has 2 heterocycles. The first-order valence-corrected chi connectivity index (χ1v) is 6.78. The Balaban J connectivity index is 2.05. The molecule has 0 bridgehead atoms. The van der Waals surface area contributed by atoms with E-state index in [1.165, 1.54) is 35.3 Å². The number of nitrogens with zero attached hydrogens (tertiary/aromatic N) is 6. The zero-order chi connectivity index (χ0) is 13.2. The minimum Gasteiger partial charge on any atom is -0.368 e. The van der Waals surface area contributed by atoms with Gasteiger partial charge in [-0.05, 0) is 10.4 Å². The van der Waals surface area contributed by atoms with Crippen LogP contribution in [0.1, 0.15) is 0 Å². The topological polar surface area (TPSA) is 105 Å². The average Bonchev–Trinajstić information content (AvgIpc) is 2.77. The van der Waals surface area contributed by atoms with Crippen molar-refractivity contribution in [2.75, 3.05) is 31.7 Å². The number of rotatable bonds is 5. The Morgan fingerprint density at radius 3 is 2.89 bits per heavy atom. The molecule has 98 valence electrons. The number of nitrogens with one attached hydrogen (secondary N) is 1. The predicted molar refractivity (Wildman–Crippen MR) is 64.5 cm³/mol. The highest BCUT2D eigenvalue weighted by Gasteiger charge is 2.13. The SMILES string of the molecule is CN(C)S(=O)(=O)CCNc1cncc2nnnn12. The fourth-order valence-corrected chi connectivity index (χ4v) is 2.01. The van der Waals surface area contributed by atoms with Gasteiger partial charge in [0.1, 0.15) is 5.82 Å². The maximum atomic E-state index is 11.6. The highest BCUT2D eigenvalue weighted by Crippen LogP contribution is 2.05. The largest absolute Gasteiger partial charge is 0.368 e. The number of tetrazole rings is 1. The van der Waals surface area contributed by atoms with Gasteiger partial charge in [-0.1, -0.05) is 0 Å². The van der Waals surface area contributed by atoms with Crippen molar-refractivity contribution in [2.45, 2.75) is 0 Å². The third-order valence-corrected chi connectivity index (χ3v) is 4.16. The predicted octanol–water partition coefficient (Wildman–Crippen LogP) is -1.18.